The zero-order valence-corrected chi connectivity index (χ0v) is 19.9. The van der Waals surface area contributed by atoms with E-state index >= 15 is 0 Å². The molecule has 1 saturated heterocycles. The number of aromatic nitrogens is 1. The Morgan fingerprint density at radius 3 is 2.51 bits per heavy atom. The third-order valence-electron chi connectivity index (χ3n) is 6.67. The number of ether oxygens (including phenoxy) is 2. The van der Waals surface area contributed by atoms with Crippen LogP contribution in [-0.4, -0.2) is 52.2 Å². The molecule has 1 aromatic carbocycles. The molecule has 1 aromatic heterocycles. The van der Waals surface area contributed by atoms with E-state index in [2.05, 4.69) is 10.3 Å². The normalized spacial score (nSPS) is 26.3. The number of carbonyl (C=O) groups is 1. The molecule has 1 aliphatic rings. The third kappa shape index (κ3) is 4.85. The molecule has 0 unspecified atom stereocenters. The summed E-state index contributed by atoms with van der Waals surface area (Å²) in [5.41, 5.74) is -2.16. The highest BCUT2D eigenvalue weighted by molar-refractivity contribution is 5.95. The summed E-state index contributed by atoms with van der Waals surface area (Å²) < 4.78 is 67.1. The fourth-order valence-electron chi connectivity index (χ4n) is 4.39. The van der Waals surface area contributed by atoms with E-state index in [4.69, 9.17) is 9.47 Å². The van der Waals surface area contributed by atoms with Crippen LogP contribution < -0.4 is 10.1 Å². The molecular formula is C24H28F4N2O5. The molecule has 0 aliphatic carbocycles. The van der Waals surface area contributed by atoms with Crippen LogP contribution in [0.4, 0.5) is 23.2 Å². The highest BCUT2D eigenvalue weighted by atomic mass is 19.4. The van der Waals surface area contributed by atoms with Gasteiger partial charge in [0, 0.05) is 34.8 Å². The summed E-state index contributed by atoms with van der Waals surface area (Å²) in [7, 11) is 1.27. The summed E-state index contributed by atoms with van der Waals surface area (Å²) in [6, 6.07) is 5.10. The predicted octanol–water partition coefficient (Wildman–Crippen LogP) is 4.03. The Morgan fingerprint density at radius 2 is 1.94 bits per heavy atom. The van der Waals surface area contributed by atoms with Crippen molar-refractivity contribution >= 4 is 11.6 Å². The fourth-order valence-corrected chi connectivity index (χ4v) is 4.39. The number of anilines is 1. The summed E-state index contributed by atoms with van der Waals surface area (Å²) >= 11 is 0. The van der Waals surface area contributed by atoms with Gasteiger partial charge in [-0.2, -0.15) is 13.2 Å². The van der Waals surface area contributed by atoms with Crippen molar-refractivity contribution in [2.75, 3.05) is 12.4 Å². The summed E-state index contributed by atoms with van der Waals surface area (Å²) in [4.78, 5) is 17.2. The summed E-state index contributed by atoms with van der Waals surface area (Å²) in [5.74, 6) is -3.79. The molecule has 35 heavy (non-hydrogen) atoms. The van der Waals surface area contributed by atoms with E-state index in [1.807, 2.05) is 0 Å². The molecule has 1 aliphatic heterocycles. The van der Waals surface area contributed by atoms with Crippen molar-refractivity contribution in [3.05, 3.63) is 53.1 Å². The van der Waals surface area contributed by atoms with Gasteiger partial charge in [0.25, 0.3) is 5.91 Å². The van der Waals surface area contributed by atoms with E-state index in [1.54, 1.807) is 0 Å². The third-order valence-corrected chi connectivity index (χ3v) is 6.67. The van der Waals surface area contributed by atoms with Gasteiger partial charge in [-0.05, 0) is 39.0 Å². The lowest BCUT2D eigenvalue weighted by Crippen LogP contribution is -2.47. The molecule has 11 heteroatoms. The molecule has 0 bridgehead atoms. The second-order valence-corrected chi connectivity index (χ2v) is 8.90. The number of pyridine rings is 1. The molecule has 1 fully saturated rings. The molecule has 7 nitrogen and oxygen atoms in total. The molecule has 192 valence electrons. The number of halogens is 4. The average Bonchev–Trinajstić information content (AvgIpc) is 3.07. The van der Waals surface area contributed by atoms with Gasteiger partial charge in [-0.25, -0.2) is 4.39 Å². The minimum atomic E-state index is -4.80. The van der Waals surface area contributed by atoms with Crippen LogP contribution in [0.25, 0.3) is 0 Å². The van der Waals surface area contributed by atoms with Crippen LogP contribution in [0.1, 0.15) is 49.6 Å². The number of amides is 1. The topological polar surface area (TPSA) is 101 Å². The number of rotatable bonds is 6. The van der Waals surface area contributed by atoms with Gasteiger partial charge in [-0.15, -0.1) is 0 Å². The van der Waals surface area contributed by atoms with Crippen LogP contribution in [0.3, 0.4) is 0 Å². The van der Waals surface area contributed by atoms with Gasteiger partial charge in [0.1, 0.15) is 23.8 Å². The lowest BCUT2D eigenvalue weighted by Gasteiger charge is -2.32. The zero-order chi connectivity index (χ0) is 26.3. The molecule has 1 amide bonds. The quantitative estimate of drug-likeness (QED) is 0.518. The van der Waals surface area contributed by atoms with Gasteiger partial charge in [-0.1, -0.05) is 13.0 Å². The van der Waals surface area contributed by atoms with E-state index in [9.17, 15) is 32.6 Å². The van der Waals surface area contributed by atoms with E-state index in [0.717, 1.165) is 13.0 Å². The number of nitrogens with zero attached hydrogens (tertiary/aromatic N) is 1. The van der Waals surface area contributed by atoms with Crippen LogP contribution in [0.15, 0.2) is 30.5 Å². The number of nitrogens with one attached hydrogen (secondary N) is 1. The van der Waals surface area contributed by atoms with Crippen molar-refractivity contribution in [3.8, 4) is 5.75 Å². The molecule has 0 spiro atoms. The van der Waals surface area contributed by atoms with Gasteiger partial charge in [-0.3, -0.25) is 9.78 Å². The highest BCUT2D eigenvalue weighted by Crippen LogP contribution is 2.55. The SMILES string of the molecule is COc1c([C@@H]2[C@@H](C(=O)Nc3ccnc([C@H](O)[C@H](C)O)c3)O[C@](C)(C(F)(F)F)[C@@H]2C)ccc(F)c1C. The first-order valence-electron chi connectivity index (χ1n) is 10.9. The fraction of sp³-hybridized carbons (Fsp3) is 0.500. The standard InChI is InChI=1S/C24H28F4N2O5/c1-11-16(25)7-6-15(20(11)34-5)18-12(2)23(4,24(26,27)28)35-21(18)22(33)30-14-8-9-29-17(10-14)19(32)13(3)31/h6-10,12-13,18-19,21,31-32H,1-5H3,(H,29,30,33)/t12-,13+,18-,19-,21+,23+/m1/s1. The molecule has 2 aromatic rings. The van der Waals surface area contributed by atoms with E-state index in [0.29, 0.717) is 0 Å². The van der Waals surface area contributed by atoms with Crippen LogP contribution in [0.2, 0.25) is 0 Å². The number of aliphatic hydroxyl groups excluding tert-OH is 2. The van der Waals surface area contributed by atoms with Crippen LogP contribution in [0.5, 0.6) is 5.75 Å². The van der Waals surface area contributed by atoms with Crippen molar-refractivity contribution in [2.24, 2.45) is 5.92 Å². The number of alkyl halides is 3. The van der Waals surface area contributed by atoms with Gasteiger partial charge < -0.3 is 25.0 Å². The minimum Gasteiger partial charge on any atom is -0.496 e. The van der Waals surface area contributed by atoms with Crippen LogP contribution in [-0.2, 0) is 9.53 Å². The van der Waals surface area contributed by atoms with Gasteiger partial charge in [0.2, 0.25) is 0 Å². The van der Waals surface area contributed by atoms with E-state index in [-0.39, 0.29) is 28.3 Å². The maximum atomic E-state index is 14.2. The van der Waals surface area contributed by atoms with E-state index in [1.165, 1.54) is 52.3 Å². The molecule has 6 atom stereocenters. The van der Waals surface area contributed by atoms with Gasteiger partial charge >= 0.3 is 6.18 Å². The Hall–Kier alpha value is -2.76. The molecule has 3 N–H and O–H groups in total. The van der Waals surface area contributed by atoms with Crippen molar-refractivity contribution in [3.63, 3.8) is 0 Å². The lowest BCUT2D eigenvalue weighted by atomic mass is 9.76. The Kier molecular flexibility index (Phi) is 7.45. The van der Waals surface area contributed by atoms with Gasteiger partial charge in [0.05, 0.1) is 18.9 Å². The number of methoxy groups -OCH3 is 1. The highest BCUT2D eigenvalue weighted by Gasteiger charge is 2.65. The Morgan fingerprint density at radius 1 is 1.29 bits per heavy atom. The Balaban J connectivity index is 2.04. The van der Waals surface area contributed by atoms with Crippen molar-refractivity contribution in [2.45, 2.75) is 63.7 Å². The predicted molar refractivity (Wildman–Crippen MR) is 118 cm³/mol. The summed E-state index contributed by atoms with van der Waals surface area (Å²) in [5, 5.41) is 22.1. The van der Waals surface area contributed by atoms with Crippen LogP contribution in [0, 0.1) is 18.7 Å². The number of hydrogen-bond donors (Lipinski definition) is 3. The molecular weight excluding hydrogens is 472 g/mol. The van der Waals surface area contributed by atoms with Crippen molar-refractivity contribution < 1.29 is 42.0 Å². The monoisotopic (exact) mass is 500 g/mol. The first kappa shape index (κ1) is 26.8. The second kappa shape index (κ2) is 9.71. The number of carbonyl (C=O) groups excluding carboxylic acids is 1. The summed E-state index contributed by atoms with van der Waals surface area (Å²) in [6.07, 6.45) is -7.60. The zero-order valence-electron chi connectivity index (χ0n) is 19.9. The maximum absolute atomic E-state index is 14.2. The van der Waals surface area contributed by atoms with Crippen molar-refractivity contribution in [1.82, 2.24) is 4.98 Å². The molecule has 2 heterocycles. The molecule has 0 saturated carbocycles. The molecule has 3 rings (SSSR count). The van der Waals surface area contributed by atoms with Crippen LogP contribution >= 0.6 is 0 Å². The van der Waals surface area contributed by atoms with Gasteiger partial charge in [0.15, 0.2) is 5.60 Å². The first-order valence-corrected chi connectivity index (χ1v) is 10.9. The lowest BCUT2D eigenvalue weighted by molar-refractivity contribution is -0.272. The van der Waals surface area contributed by atoms with Crippen molar-refractivity contribution in [1.29, 1.82) is 0 Å². The number of hydrogen-bond acceptors (Lipinski definition) is 6. The Labute approximate surface area is 200 Å². The number of benzene rings is 1. The minimum absolute atomic E-state index is 0.0425. The van der Waals surface area contributed by atoms with E-state index < -0.39 is 53.6 Å². The Bertz CT molecular complexity index is 1090. The first-order chi connectivity index (χ1) is 16.2. The number of aliphatic hydroxyl groups is 2. The molecule has 0 radical (unpaired) electrons. The maximum Gasteiger partial charge on any atom is 0.417 e. The second-order valence-electron chi connectivity index (χ2n) is 8.90. The largest absolute Gasteiger partial charge is 0.496 e. The summed E-state index contributed by atoms with van der Waals surface area (Å²) in [6.45, 7) is 4.99. The smallest absolute Gasteiger partial charge is 0.417 e. The average molecular weight is 500 g/mol.